The van der Waals surface area contributed by atoms with Gasteiger partial charge in [0.15, 0.2) is 12.2 Å². The summed E-state index contributed by atoms with van der Waals surface area (Å²) in [5.74, 6) is -5.53. The lowest BCUT2D eigenvalue weighted by Crippen LogP contribution is -2.59. The lowest BCUT2D eigenvalue weighted by molar-refractivity contribution is -0.200. The van der Waals surface area contributed by atoms with E-state index in [1.54, 1.807) is 0 Å². The van der Waals surface area contributed by atoms with E-state index in [2.05, 4.69) is 10.6 Å². The third-order valence-electron chi connectivity index (χ3n) is 5.74. The van der Waals surface area contributed by atoms with Crippen LogP contribution in [0.25, 0.3) is 0 Å². The van der Waals surface area contributed by atoms with Gasteiger partial charge in [0.1, 0.15) is 0 Å². The van der Waals surface area contributed by atoms with Gasteiger partial charge in [-0.3, -0.25) is 28.8 Å². The Morgan fingerprint density at radius 1 is 0.524 bits per heavy atom. The average molecular weight is 585 g/mol. The van der Waals surface area contributed by atoms with Crippen LogP contribution >= 0.6 is 0 Å². The van der Waals surface area contributed by atoms with Crippen molar-refractivity contribution in [2.24, 2.45) is 0 Å². The number of esters is 4. The molecule has 2 aromatic carbocycles. The molecule has 0 heterocycles. The zero-order valence-electron chi connectivity index (χ0n) is 24.0. The molecule has 226 valence electrons. The van der Waals surface area contributed by atoms with Gasteiger partial charge >= 0.3 is 23.9 Å². The standard InChI is InChI=1S/C30H36N2O10/c1-19(33)39-25(27(41-21(3)35)29(37)31-17-15-23-11-7-5-8-12-23)26(40-20(2)34)28(42-22(4)36)30(38)32-18-16-24-13-9-6-10-14-24/h5-14,25-28H,15-18H2,1-4H3,(H,31,37)(H,32,38). The van der Waals surface area contributed by atoms with Crippen LogP contribution in [0.4, 0.5) is 0 Å². The Bertz CT molecular complexity index is 1120. The first-order valence-corrected chi connectivity index (χ1v) is 13.3. The molecule has 4 unspecified atom stereocenters. The number of carbonyl (C=O) groups excluding carboxylic acids is 6. The second-order valence-electron chi connectivity index (χ2n) is 9.26. The minimum atomic E-state index is -1.87. The highest BCUT2D eigenvalue weighted by Gasteiger charge is 2.48. The minimum absolute atomic E-state index is 0.110. The van der Waals surface area contributed by atoms with Crippen molar-refractivity contribution in [3.63, 3.8) is 0 Å². The summed E-state index contributed by atoms with van der Waals surface area (Å²) in [6.45, 7) is 4.29. The van der Waals surface area contributed by atoms with Gasteiger partial charge in [0.05, 0.1) is 0 Å². The van der Waals surface area contributed by atoms with E-state index in [0.29, 0.717) is 12.8 Å². The largest absolute Gasteiger partial charge is 0.454 e. The van der Waals surface area contributed by atoms with Gasteiger partial charge in [-0.25, -0.2) is 0 Å². The van der Waals surface area contributed by atoms with E-state index in [1.165, 1.54) is 0 Å². The Kier molecular flexibility index (Phi) is 13.7. The van der Waals surface area contributed by atoms with Crippen LogP contribution in [-0.2, 0) is 60.6 Å². The smallest absolute Gasteiger partial charge is 0.303 e. The Morgan fingerprint density at radius 2 is 0.833 bits per heavy atom. The van der Waals surface area contributed by atoms with Gasteiger partial charge in [-0.15, -0.1) is 0 Å². The van der Waals surface area contributed by atoms with Crippen LogP contribution in [0.3, 0.4) is 0 Å². The first-order valence-electron chi connectivity index (χ1n) is 13.3. The summed E-state index contributed by atoms with van der Waals surface area (Å²) in [5.41, 5.74) is 1.83. The van der Waals surface area contributed by atoms with E-state index >= 15 is 0 Å². The third kappa shape index (κ3) is 11.8. The van der Waals surface area contributed by atoms with Crippen molar-refractivity contribution in [2.75, 3.05) is 13.1 Å². The molecule has 0 aliphatic rings. The highest BCUT2D eigenvalue weighted by molar-refractivity contribution is 5.87. The van der Waals surface area contributed by atoms with Crippen LogP contribution in [0.5, 0.6) is 0 Å². The molecule has 12 heteroatoms. The normalized spacial score (nSPS) is 13.3. The van der Waals surface area contributed by atoms with Gasteiger partial charge in [0.25, 0.3) is 11.8 Å². The van der Waals surface area contributed by atoms with E-state index in [1.807, 2.05) is 60.7 Å². The molecule has 0 saturated carbocycles. The maximum atomic E-state index is 13.3. The molecule has 0 spiro atoms. The van der Waals surface area contributed by atoms with E-state index in [9.17, 15) is 28.8 Å². The van der Waals surface area contributed by atoms with Crippen LogP contribution in [0.2, 0.25) is 0 Å². The molecular weight excluding hydrogens is 548 g/mol. The van der Waals surface area contributed by atoms with Crippen LogP contribution in [0.15, 0.2) is 60.7 Å². The number of benzene rings is 2. The van der Waals surface area contributed by atoms with E-state index in [4.69, 9.17) is 18.9 Å². The lowest BCUT2D eigenvalue weighted by atomic mass is 10.00. The summed E-state index contributed by atoms with van der Waals surface area (Å²) in [6.07, 6.45) is -6.63. The molecule has 4 atom stereocenters. The molecule has 12 nitrogen and oxygen atoms in total. The van der Waals surface area contributed by atoms with Crippen LogP contribution in [0, 0.1) is 0 Å². The summed E-state index contributed by atoms with van der Waals surface area (Å²) in [4.78, 5) is 75.0. The molecule has 2 amide bonds. The van der Waals surface area contributed by atoms with E-state index in [-0.39, 0.29) is 13.1 Å². The molecule has 0 fully saturated rings. The first-order chi connectivity index (χ1) is 20.0. The molecule has 0 radical (unpaired) electrons. The fraction of sp³-hybridized carbons (Fsp3) is 0.400. The topological polar surface area (TPSA) is 163 Å². The number of rotatable bonds is 15. The zero-order chi connectivity index (χ0) is 31.1. The summed E-state index contributed by atoms with van der Waals surface area (Å²) in [6, 6.07) is 18.4. The highest BCUT2D eigenvalue weighted by atomic mass is 16.6. The fourth-order valence-electron chi connectivity index (χ4n) is 4.03. The van der Waals surface area contributed by atoms with Gasteiger partial charge in [0.2, 0.25) is 12.2 Å². The van der Waals surface area contributed by atoms with Crippen molar-refractivity contribution in [1.29, 1.82) is 0 Å². The highest BCUT2D eigenvalue weighted by Crippen LogP contribution is 2.20. The van der Waals surface area contributed by atoms with Crippen molar-refractivity contribution in [1.82, 2.24) is 10.6 Å². The van der Waals surface area contributed by atoms with Crippen LogP contribution < -0.4 is 10.6 Å². The monoisotopic (exact) mass is 584 g/mol. The molecule has 2 N–H and O–H groups in total. The summed E-state index contributed by atoms with van der Waals surface area (Å²) >= 11 is 0. The van der Waals surface area contributed by atoms with Gasteiger partial charge in [-0.05, 0) is 24.0 Å². The van der Waals surface area contributed by atoms with Crippen molar-refractivity contribution >= 4 is 35.7 Å². The molecule has 2 aromatic rings. The number of ether oxygens (including phenoxy) is 4. The van der Waals surface area contributed by atoms with Gasteiger partial charge in [-0.2, -0.15) is 0 Å². The SMILES string of the molecule is CC(=O)OC(C(=O)NCCc1ccccc1)C(OC(C)=O)C(OC(C)=O)C(OC(C)=O)C(=O)NCCc1ccccc1. The van der Waals surface area contributed by atoms with Gasteiger partial charge in [0, 0.05) is 40.8 Å². The molecular formula is C30H36N2O10. The number of hydrogen-bond acceptors (Lipinski definition) is 10. The van der Waals surface area contributed by atoms with Crippen LogP contribution in [0.1, 0.15) is 38.8 Å². The second kappa shape index (κ2) is 17.2. The molecule has 0 aliphatic carbocycles. The molecule has 0 aliphatic heterocycles. The maximum absolute atomic E-state index is 13.3. The molecule has 0 bridgehead atoms. The summed E-state index contributed by atoms with van der Waals surface area (Å²) in [5, 5.41) is 5.21. The lowest BCUT2D eigenvalue weighted by Gasteiger charge is -2.34. The van der Waals surface area contributed by atoms with Gasteiger partial charge in [-0.1, -0.05) is 60.7 Å². The fourth-order valence-corrected chi connectivity index (χ4v) is 4.03. The second-order valence-corrected chi connectivity index (χ2v) is 9.26. The third-order valence-corrected chi connectivity index (χ3v) is 5.74. The van der Waals surface area contributed by atoms with E-state index < -0.39 is 60.1 Å². The summed E-state index contributed by atoms with van der Waals surface area (Å²) in [7, 11) is 0. The van der Waals surface area contributed by atoms with Crippen molar-refractivity contribution in [3.8, 4) is 0 Å². The zero-order valence-corrected chi connectivity index (χ0v) is 24.0. The molecule has 42 heavy (non-hydrogen) atoms. The van der Waals surface area contributed by atoms with Crippen LogP contribution in [-0.4, -0.2) is 73.2 Å². The van der Waals surface area contributed by atoms with Crippen molar-refractivity contribution in [2.45, 2.75) is 65.0 Å². The van der Waals surface area contributed by atoms with Crippen molar-refractivity contribution in [3.05, 3.63) is 71.8 Å². The van der Waals surface area contributed by atoms with E-state index in [0.717, 1.165) is 38.8 Å². The Labute approximate surface area is 244 Å². The molecule has 0 aromatic heterocycles. The Morgan fingerprint density at radius 3 is 1.12 bits per heavy atom. The summed E-state index contributed by atoms with van der Waals surface area (Å²) < 4.78 is 21.1. The average Bonchev–Trinajstić information content (AvgIpc) is 2.93. The van der Waals surface area contributed by atoms with Gasteiger partial charge < -0.3 is 29.6 Å². The number of hydrogen-bond donors (Lipinski definition) is 2. The van der Waals surface area contributed by atoms with Crippen molar-refractivity contribution < 1.29 is 47.7 Å². The predicted molar refractivity (Wildman–Crippen MR) is 149 cm³/mol. The Hall–Kier alpha value is -4.74. The number of amides is 2. The molecule has 0 saturated heterocycles. The minimum Gasteiger partial charge on any atom is -0.454 e. The number of nitrogens with one attached hydrogen (secondary N) is 2. The Balaban J connectivity index is 2.38. The first kappa shape index (κ1) is 33.5. The quantitative estimate of drug-likeness (QED) is 0.231. The molecule has 2 rings (SSSR count). The maximum Gasteiger partial charge on any atom is 0.303 e. The number of carbonyl (C=O) groups is 6. The predicted octanol–water partition coefficient (Wildman–Crippen LogP) is 1.43.